The van der Waals surface area contributed by atoms with Crippen molar-refractivity contribution in [1.29, 1.82) is 0 Å². The molecule has 0 radical (unpaired) electrons. The lowest BCUT2D eigenvalue weighted by Crippen LogP contribution is -2.36. The Hall–Kier alpha value is -0.860. The molecular weight excluding hydrogens is 220 g/mol. The van der Waals surface area contributed by atoms with Crippen LogP contribution in [0, 0.1) is 0 Å². The quantitative estimate of drug-likeness (QED) is 0.797. The van der Waals surface area contributed by atoms with Crippen LogP contribution in [-0.2, 0) is 6.42 Å². The van der Waals surface area contributed by atoms with Crippen LogP contribution < -0.4 is 5.32 Å². The molecule has 0 aliphatic carbocycles. The topological polar surface area (TPSA) is 15.3 Å². The molecule has 2 unspecified atom stereocenters. The summed E-state index contributed by atoms with van der Waals surface area (Å²) >= 11 is 0. The van der Waals surface area contributed by atoms with Gasteiger partial charge in [0.1, 0.15) is 0 Å². The van der Waals surface area contributed by atoms with E-state index in [2.05, 4.69) is 69.3 Å². The minimum atomic E-state index is 0.420. The van der Waals surface area contributed by atoms with E-state index in [1.807, 2.05) is 0 Å². The van der Waals surface area contributed by atoms with Gasteiger partial charge in [0.05, 0.1) is 0 Å². The molecule has 1 aromatic rings. The molecule has 0 fully saturated rings. The highest BCUT2D eigenvalue weighted by molar-refractivity contribution is 5.24. The summed E-state index contributed by atoms with van der Waals surface area (Å²) in [7, 11) is 4.24. The summed E-state index contributed by atoms with van der Waals surface area (Å²) in [5.74, 6) is 0. The molecular formula is C16H28N2. The summed E-state index contributed by atoms with van der Waals surface area (Å²) in [4.78, 5) is 2.24. The van der Waals surface area contributed by atoms with Crippen molar-refractivity contribution in [1.82, 2.24) is 10.2 Å². The van der Waals surface area contributed by atoms with Gasteiger partial charge in [0, 0.05) is 18.6 Å². The van der Waals surface area contributed by atoms with Crippen LogP contribution in [0.1, 0.15) is 44.4 Å². The predicted octanol–water partition coefficient (Wildman–Crippen LogP) is 3.24. The van der Waals surface area contributed by atoms with Crippen molar-refractivity contribution >= 4 is 0 Å². The van der Waals surface area contributed by atoms with Gasteiger partial charge in [-0.05, 0) is 45.5 Å². The number of aryl methyl sites for hydroxylation is 1. The molecule has 0 amide bonds. The summed E-state index contributed by atoms with van der Waals surface area (Å²) < 4.78 is 0. The van der Waals surface area contributed by atoms with Gasteiger partial charge in [-0.1, -0.05) is 37.6 Å². The molecule has 1 N–H and O–H groups in total. The summed E-state index contributed by atoms with van der Waals surface area (Å²) in [5, 5.41) is 3.59. The monoisotopic (exact) mass is 248 g/mol. The largest absolute Gasteiger partial charge is 0.309 e. The number of rotatable bonds is 7. The van der Waals surface area contributed by atoms with Gasteiger partial charge < -0.3 is 10.2 Å². The van der Waals surface area contributed by atoms with E-state index in [9.17, 15) is 0 Å². The van der Waals surface area contributed by atoms with Crippen LogP contribution in [0.25, 0.3) is 0 Å². The van der Waals surface area contributed by atoms with E-state index in [0.717, 1.165) is 6.54 Å². The molecule has 0 spiro atoms. The van der Waals surface area contributed by atoms with Crippen molar-refractivity contribution in [2.75, 3.05) is 20.6 Å². The molecule has 2 nitrogen and oxygen atoms in total. The van der Waals surface area contributed by atoms with Crippen molar-refractivity contribution < 1.29 is 0 Å². The van der Waals surface area contributed by atoms with E-state index >= 15 is 0 Å². The summed E-state index contributed by atoms with van der Waals surface area (Å²) in [5.41, 5.74) is 2.82. The molecule has 102 valence electrons. The molecule has 0 heterocycles. The van der Waals surface area contributed by atoms with Gasteiger partial charge in [0.15, 0.2) is 0 Å². The molecule has 18 heavy (non-hydrogen) atoms. The second-order valence-corrected chi connectivity index (χ2v) is 5.43. The van der Waals surface area contributed by atoms with Gasteiger partial charge in [-0.3, -0.25) is 0 Å². The van der Waals surface area contributed by atoms with E-state index in [1.165, 1.54) is 24.0 Å². The maximum Gasteiger partial charge on any atom is 0.0292 e. The number of hydrogen-bond donors (Lipinski definition) is 1. The molecule has 0 aliphatic heterocycles. The van der Waals surface area contributed by atoms with E-state index in [4.69, 9.17) is 0 Å². The highest BCUT2D eigenvalue weighted by atomic mass is 15.1. The highest BCUT2D eigenvalue weighted by Gasteiger charge is 2.08. The average molecular weight is 248 g/mol. The molecule has 0 aliphatic rings. The zero-order valence-electron chi connectivity index (χ0n) is 12.5. The molecule has 2 atom stereocenters. The smallest absolute Gasteiger partial charge is 0.0292 e. The molecule has 1 rings (SSSR count). The third-order valence-electron chi connectivity index (χ3n) is 3.62. The van der Waals surface area contributed by atoms with Gasteiger partial charge in [0.25, 0.3) is 0 Å². The molecule has 1 aromatic carbocycles. The third kappa shape index (κ3) is 4.79. The lowest BCUT2D eigenvalue weighted by Gasteiger charge is -2.23. The van der Waals surface area contributed by atoms with E-state index in [-0.39, 0.29) is 0 Å². The fraction of sp³-hybridized carbons (Fsp3) is 0.625. The van der Waals surface area contributed by atoms with Crippen LogP contribution in [0.4, 0.5) is 0 Å². The first kappa shape index (κ1) is 15.2. The number of benzene rings is 1. The minimum absolute atomic E-state index is 0.420. The van der Waals surface area contributed by atoms with Gasteiger partial charge in [-0.25, -0.2) is 0 Å². The van der Waals surface area contributed by atoms with Crippen molar-refractivity contribution in [3.8, 4) is 0 Å². The Kier molecular flexibility index (Phi) is 6.37. The summed E-state index contributed by atoms with van der Waals surface area (Å²) in [6.45, 7) is 7.72. The standard InChI is InChI=1S/C16H28N2/c1-6-7-15-8-10-16(11-9-15)14(3)17-12-13(2)18(4)5/h8-11,13-14,17H,6-7,12H2,1-5H3. The van der Waals surface area contributed by atoms with Gasteiger partial charge >= 0.3 is 0 Å². The Morgan fingerprint density at radius 3 is 2.22 bits per heavy atom. The van der Waals surface area contributed by atoms with Crippen molar-refractivity contribution in [2.24, 2.45) is 0 Å². The SMILES string of the molecule is CCCc1ccc(C(C)NCC(C)N(C)C)cc1. The van der Waals surface area contributed by atoms with E-state index < -0.39 is 0 Å². The van der Waals surface area contributed by atoms with Crippen LogP contribution in [-0.4, -0.2) is 31.6 Å². The second-order valence-electron chi connectivity index (χ2n) is 5.43. The molecule has 0 saturated carbocycles. The molecule has 0 bridgehead atoms. The van der Waals surface area contributed by atoms with E-state index in [0.29, 0.717) is 12.1 Å². The Labute approximate surface area is 112 Å². The summed E-state index contributed by atoms with van der Waals surface area (Å²) in [6, 6.07) is 10.00. The second kappa shape index (κ2) is 7.55. The van der Waals surface area contributed by atoms with Gasteiger partial charge in [-0.2, -0.15) is 0 Å². The van der Waals surface area contributed by atoms with Crippen LogP contribution in [0.2, 0.25) is 0 Å². The predicted molar refractivity (Wildman–Crippen MR) is 80.0 cm³/mol. The Morgan fingerprint density at radius 1 is 1.11 bits per heavy atom. The van der Waals surface area contributed by atoms with Gasteiger partial charge in [-0.15, -0.1) is 0 Å². The highest BCUT2D eigenvalue weighted by Crippen LogP contribution is 2.14. The normalized spacial score (nSPS) is 14.8. The third-order valence-corrected chi connectivity index (χ3v) is 3.62. The number of nitrogens with zero attached hydrogens (tertiary/aromatic N) is 1. The van der Waals surface area contributed by atoms with Crippen LogP contribution in [0.3, 0.4) is 0 Å². The van der Waals surface area contributed by atoms with Crippen molar-refractivity contribution in [3.05, 3.63) is 35.4 Å². The maximum absolute atomic E-state index is 3.59. The Balaban J connectivity index is 2.48. The fourth-order valence-electron chi connectivity index (χ4n) is 1.91. The van der Waals surface area contributed by atoms with Crippen molar-refractivity contribution in [2.45, 2.75) is 45.7 Å². The Morgan fingerprint density at radius 2 is 1.72 bits per heavy atom. The number of likely N-dealkylation sites (N-methyl/N-ethyl adjacent to an activating group) is 1. The van der Waals surface area contributed by atoms with Crippen LogP contribution in [0.15, 0.2) is 24.3 Å². The first-order chi connectivity index (χ1) is 8.54. The maximum atomic E-state index is 3.59. The van der Waals surface area contributed by atoms with Crippen molar-refractivity contribution in [3.63, 3.8) is 0 Å². The molecule has 0 saturated heterocycles. The Bertz CT molecular complexity index is 329. The zero-order valence-corrected chi connectivity index (χ0v) is 12.5. The average Bonchev–Trinajstić information content (AvgIpc) is 2.36. The lowest BCUT2D eigenvalue weighted by molar-refractivity contribution is 0.295. The lowest BCUT2D eigenvalue weighted by atomic mass is 10.0. The number of nitrogens with one attached hydrogen (secondary N) is 1. The zero-order chi connectivity index (χ0) is 13.5. The van der Waals surface area contributed by atoms with Crippen LogP contribution >= 0.6 is 0 Å². The first-order valence-corrected chi connectivity index (χ1v) is 7.03. The first-order valence-electron chi connectivity index (χ1n) is 7.03. The minimum Gasteiger partial charge on any atom is -0.309 e. The molecule has 0 aromatic heterocycles. The van der Waals surface area contributed by atoms with Gasteiger partial charge in [0.2, 0.25) is 0 Å². The fourth-order valence-corrected chi connectivity index (χ4v) is 1.91. The molecule has 2 heteroatoms. The summed E-state index contributed by atoms with van der Waals surface area (Å²) in [6.07, 6.45) is 2.40. The number of hydrogen-bond acceptors (Lipinski definition) is 2. The van der Waals surface area contributed by atoms with Crippen LogP contribution in [0.5, 0.6) is 0 Å². The van der Waals surface area contributed by atoms with E-state index in [1.54, 1.807) is 0 Å².